The second-order valence-electron chi connectivity index (χ2n) is 4.58. The molecule has 0 saturated carbocycles. The van der Waals surface area contributed by atoms with Crippen LogP contribution in [-0.2, 0) is 15.3 Å². The standard InChI is InChI=1S/C17H16O3/c1-4-12-9-10-16-14(11-12)17(18-2,19-3)13-7-5-6-8-15(13)20-16/h4-11H,1H2,2-3H3. The van der Waals surface area contributed by atoms with E-state index in [0.717, 1.165) is 28.2 Å². The number of benzene rings is 2. The van der Waals surface area contributed by atoms with Gasteiger partial charge in [-0.15, -0.1) is 0 Å². The van der Waals surface area contributed by atoms with Crippen molar-refractivity contribution in [2.45, 2.75) is 5.79 Å². The van der Waals surface area contributed by atoms with Crippen molar-refractivity contribution in [3.63, 3.8) is 0 Å². The summed E-state index contributed by atoms with van der Waals surface area (Å²) in [5, 5.41) is 0. The van der Waals surface area contributed by atoms with Crippen LogP contribution in [0.2, 0.25) is 0 Å². The molecule has 102 valence electrons. The number of ether oxygens (including phenoxy) is 3. The Hall–Kier alpha value is -2.10. The van der Waals surface area contributed by atoms with Crippen LogP contribution in [0.3, 0.4) is 0 Å². The van der Waals surface area contributed by atoms with Crippen LogP contribution in [0.25, 0.3) is 6.08 Å². The monoisotopic (exact) mass is 268 g/mol. The summed E-state index contributed by atoms with van der Waals surface area (Å²) in [7, 11) is 3.27. The number of hydrogen-bond donors (Lipinski definition) is 0. The Bertz CT molecular complexity index is 657. The van der Waals surface area contributed by atoms with Gasteiger partial charge in [0.2, 0.25) is 5.79 Å². The summed E-state index contributed by atoms with van der Waals surface area (Å²) in [6, 6.07) is 13.6. The average molecular weight is 268 g/mol. The van der Waals surface area contributed by atoms with Crippen LogP contribution < -0.4 is 4.74 Å². The lowest BCUT2D eigenvalue weighted by molar-refractivity contribution is -0.187. The molecular weight excluding hydrogens is 252 g/mol. The summed E-state index contributed by atoms with van der Waals surface area (Å²) in [5.41, 5.74) is 2.70. The van der Waals surface area contributed by atoms with Crippen LogP contribution in [0, 0.1) is 0 Å². The molecule has 2 aromatic rings. The smallest absolute Gasteiger partial charge is 0.229 e. The maximum absolute atomic E-state index is 5.94. The van der Waals surface area contributed by atoms with Gasteiger partial charge < -0.3 is 14.2 Å². The fraction of sp³-hybridized carbons (Fsp3) is 0.176. The topological polar surface area (TPSA) is 27.7 Å². The molecule has 3 heteroatoms. The molecule has 1 aliphatic rings. The van der Waals surface area contributed by atoms with Crippen LogP contribution in [0.1, 0.15) is 16.7 Å². The van der Waals surface area contributed by atoms with E-state index in [4.69, 9.17) is 14.2 Å². The highest BCUT2D eigenvalue weighted by Crippen LogP contribution is 2.49. The Labute approximate surface area is 118 Å². The summed E-state index contributed by atoms with van der Waals surface area (Å²) >= 11 is 0. The third-order valence-corrected chi connectivity index (χ3v) is 3.63. The maximum Gasteiger partial charge on any atom is 0.229 e. The lowest BCUT2D eigenvalue weighted by Crippen LogP contribution is -2.35. The van der Waals surface area contributed by atoms with E-state index in [-0.39, 0.29) is 0 Å². The highest BCUT2D eigenvalue weighted by molar-refractivity contribution is 5.59. The van der Waals surface area contributed by atoms with E-state index in [1.807, 2.05) is 42.5 Å². The first-order valence-electron chi connectivity index (χ1n) is 6.40. The molecule has 2 aromatic carbocycles. The van der Waals surface area contributed by atoms with Gasteiger partial charge >= 0.3 is 0 Å². The van der Waals surface area contributed by atoms with E-state index < -0.39 is 5.79 Å². The Balaban J connectivity index is 2.30. The van der Waals surface area contributed by atoms with Crippen molar-refractivity contribution in [1.82, 2.24) is 0 Å². The number of rotatable bonds is 3. The quantitative estimate of drug-likeness (QED) is 0.789. The van der Waals surface area contributed by atoms with Gasteiger partial charge in [-0.1, -0.05) is 30.9 Å². The first-order valence-corrected chi connectivity index (χ1v) is 6.40. The molecular formula is C17H16O3. The Morgan fingerprint density at radius 2 is 1.70 bits per heavy atom. The van der Waals surface area contributed by atoms with Gasteiger partial charge in [0.15, 0.2) is 0 Å². The zero-order chi connectivity index (χ0) is 14.2. The summed E-state index contributed by atoms with van der Waals surface area (Å²) in [5.74, 6) is 0.525. The van der Waals surface area contributed by atoms with E-state index in [2.05, 4.69) is 6.58 Å². The summed E-state index contributed by atoms with van der Waals surface area (Å²) in [6.45, 7) is 3.80. The van der Waals surface area contributed by atoms with Gasteiger partial charge in [0, 0.05) is 14.2 Å². The van der Waals surface area contributed by atoms with E-state index >= 15 is 0 Å². The molecule has 0 bridgehead atoms. The van der Waals surface area contributed by atoms with E-state index in [0.29, 0.717) is 0 Å². The average Bonchev–Trinajstić information content (AvgIpc) is 2.52. The third kappa shape index (κ3) is 1.68. The Morgan fingerprint density at radius 1 is 1.00 bits per heavy atom. The molecule has 0 N–H and O–H groups in total. The van der Waals surface area contributed by atoms with Crippen molar-refractivity contribution in [3.8, 4) is 11.5 Å². The maximum atomic E-state index is 5.94. The first-order chi connectivity index (χ1) is 9.75. The third-order valence-electron chi connectivity index (χ3n) is 3.63. The van der Waals surface area contributed by atoms with E-state index in [1.54, 1.807) is 20.3 Å². The van der Waals surface area contributed by atoms with E-state index in [1.165, 1.54) is 0 Å². The van der Waals surface area contributed by atoms with Gasteiger partial charge in [0.05, 0.1) is 11.1 Å². The number of methoxy groups -OCH3 is 2. The number of fused-ring (bicyclic) bond motifs is 2. The van der Waals surface area contributed by atoms with Crippen LogP contribution in [0.15, 0.2) is 49.0 Å². The minimum absolute atomic E-state index is 0.734. The predicted octanol–water partition coefficient (Wildman–Crippen LogP) is 3.93. The molecule has 0 radical (unpaired) electrons. The lowest BCUT2D eigenvalue weighted by atomic mass is 9.91. The number of para-hydroxylation sites is 1. The molecule has 0 saturated heterocycles. The van der Waals surface area contributed by atoms with Crippen molar-refractivity contribution >= 4 is 6.08 Å². The van der Waals surface area contributed by atoms with Crippen molar-refractivity contribution in [2.75, 3.05) is 14.2 Å². The van der Waals surface area contributed by atoms with Gasteiger partial charge in [-0.25, -0.2) is 0 Å². The van der Waals surface area contributed by atoms with Gasteiger partial charge in [-0.05, 0) is 29.8 Å². The number of hydrogen-bond acceptors (Lipinski definition) is 3. The molecule has 20 heavy (non-hydrogen) atoms. The van der Waals surface area contributed by atoms with Crippen molar-refractivity contribution in [3.05, 3.63) is 65.7 Å². The SMILES string of the molecule is C=Cc1ccc2c(c1)C(OC)(OC)c1ccccc1O2. The minimum atomic E-state index is -0.955. The van der Waals surface area contributed by atoms with Crippen molar-refractivity contribution < 1.29 is 14.2 Å². The van der Waals surface area contributed by atoms with Gasteiger partial charge in [0.1, 0.15) is 11.5 Å². The molecule has 0 aliphatic carbocycles. The van der Waals surface area contributed by atoms with Crippen molar-refractivity contribution in [1.29, 1.82) is 0 Å². The van der Waals surface area contributed by atoms with Gasteiger partial charge in [-0.3, -0.25) is 0 Å². The molecule has 0 atom stereocenters. The Morgan fingerprint density at radius 3 is 2.40 bits per heavy atom. The molecule has 0 fully saturated rings. The zero-order valence-electron chi connectivity index (χ0n) is 11.6. The van der Waals surface area contributed by atoms with E-state index in [9.17, 15) is 0 Å². The second-order valence-corrected chi connectivity index (χ2v) is 4.58. The highest BCUT2D eigenvalue weighted by atomic mass is 16.7. The minimum Gasteiger partial charge on any atom is -0.456 e. The Kier molecular flexibility index (Phi) is 3.08. The second kappa shape index (κ2) is 4.78. The largest absolute Gasteiger partial charge is 0.456 e. The normalized spacial score (nSPS) is 14.9. The summed E-state index contributed by atoms with van der Waals surface area (Å²) in [6.07, 6.45) is 1.79. The molecule has 0 aromatic heterocycles. The van der Waals surface area contributed by atoms with Crippen LogP contribution >= 0.6 is 0 Å². The molecule has 1 aliphatic heterocycles. The van der Waals surface area contributed by atoms with Crippen LogP contribution in [-0.4, -0.2) is 14.2 Å². The lowest BCUT2D eigenvalue weighted by Gasteiger charge is -2.37. The fourth-order valence-electron chi connectivity index (χ4n) is 2.64. The molecule has 0 amide bonds. The molecule has 0 unspecified atom stereocenters. The van der Waals surface area contributed by atoms with Crippen LogP contribution in [0.5, 0.6) is 11.5 Å². The molecule has 1 heterocycles. The molecule has 3 rings (SSSR count). The molecule has 0 spiro atoms. The summed E-state index contributed by atoms with van der Waals surface area (Å²) < 4.78 is 17.4. The molecule has 3 nitrogen and oxygen atoms in total. The fourth-order valence-corrected chi connectivity index (χ4v) is 2.64. The summed E-state index contributed by atoms with van der Waals surface area (Å²) in [4.78, 5) is 0. The highest BCUT2D eigenvalue weighted by Gasteiger charge is 2.43. The predicted molar refractivity (Wildman–Crippen MR) is 77.8 cm³/mol. The van der Waals surface area contributed by atoms with Gasteiger partial charge in [-0.2, -0.15) is 0 Å². The van der Waals surface area contributed by atoms with Crippen molar-refractivity contribution in [2.24, 2.45) is 0 Å². The van der Waals surface area contributed by atoms with Gasteiger partial charge in [0.25, 0.3) is 0 Å². The first kappa shape index (κ1) is 12.9. The zero-order valence-corrected chi connectivity index (χ0v) is 11.6. The van der Waals surface area contributed by atoms with Crippen LogP contribution in [0.4, 0.5) is 0 Å².